The Balaban J connectivity index is 2.16. The fourth-order valence-electron chi connectivity index (χ4n) is 1.59. The zero-order chi connectivity index (χ0) is 13.5. The second-order valence-corrected chi connectivity index (χ2v) is 4.76. The third-order valence-corrected chi connectivity index (χ3v) is 3.16. The van der Waals surface area contributed by atoms with E-state index >= 15 is 0 Å². The molecular formula is C16H14O2S. The van der Waals surface area contributed by atoms with Crippen LogP contribution >= 0.6 is 11.3 Å². The summed E-state index contributed by atoms with van der Waals surface area (Å²) in [6.45, 7) is 1.41. The molecule has 0 amide bonds. The fraction of sp³-hybridized carbons (Fsp3) is 0.125. The summed E-state index contributed by atoms with van der Waals surface area (Å²) in [6.07, 6.45) is 3.25. The number of thiophene rings is 1. The summed E-state index contributed by atoms with van der Waals surface area (Å²) in [7, 11) is 0. The lowest BCUT2D eigenvalue weighted by molar-refractivity contribution is -0.144. The Morgan fingerprint density at radius 1 is 1.32 bits per heavy atom. The molecule has 2 rings (SSSR count). The first kappa shape index (κ1) is 13.3. The van der Waals surface area contributed by atoms with E-state index in [9.17, 15) is 4.79 Å². The maximum Gasteiger partial charge on any atom is 0.303 e. The summed E-state index contributed by atoms with van der Waals surface area (Å²) in [5.74, 6) is -0.297. The topological polar surface area (TPSA) is 26.3 Å². The Labute approximate surface area is 116 Å². The highest BCUT2D eigenvalue weighted by molar-refractivity contribution is 7.07. The first-order valence-electron chi connectivity index (χ1n) is 5.92. The zero-order valence-corrected chi connectivity index (χ0v) is 11.4. The van der Waals surface area contributed by atoms with Gasteiger partial charge < -0.3 is 4.74 Å². The second-order valence-electron chi connectivity index (χ2n) is 3.98. The number of esters is 1. The van der Waals surface area contributed by atoms with E-state index in [0.717, 1.165) is 11.1 Å². The number of ether oxygens (including phenoxy) is 1. The van der Waals surface area contributed by atoms with E-state index < -0.39 is 0 Å². The maximum absolute atomic E-state index is 11.1. The maximum atomic E-state index is 11.1. The standard InChI is InChI=1S/C16H14O2S/c1-13(17)18-16(15-10-11-19-12-15)9-5-8-14-6-3-2-4-7-14/h2-4,6-12,16H,1H3. The molecule has 1 unspecified atom stereocenters. The summed E-state index contributed by atoms with van der Waals surface area (Å²) in [4.78, 5) is 11.1. The molecule has 0 spiro atoms. The van der Waals surface area contributed by atoms with Gasteiger partial charge in [-0.1, -0.05) is 30.3 Å². The van der Waals surface area contributed by atoms with Crippen LogP contribution in [0.15, 0.2) is 59.0 Å². The van der Waals surface area contributed by atoms with Crippen molar-refractivity contribution in [3.8, 4) is 0 Å². The molecule has 0 saturated heterocycles. The summed E-state index contributed by atoms with van der Waals surface area (Å²) >= 11 is 1.58. The van der Waals surface area contributed by atoms with Gasteiger partial charge in [-0.2, -0.15) is 11.3 Å². The molecule has 19 heavy (non-hydrogen) atoms. The van der Waals surface area contributed by atoms with Gasteiger partial charge in [0.2, 0.25) is 0 Å². The van der Waals surface area contributed by atoms with E-state index in [-0.39, 0.29) is 12.1 Å². The molecule has 0 fully saturated rings. The Kier molecular flexibility index (Phi) is 4.73. The van der Waals surface area contributed by atoms with E-state index in [0.29, 0.717) is 0 Å². The summed E-state index contributed by atoms with van der Waals surface area (Å²) in [5, 5.41) is 3.93. The highest BCUT2D eigenvalue weighted by atomic mass is 32.1. The predicted octanol–water partition coefficient (Wildman–Crippen LogP) is 4.22. The lowest BCUT2D eigenvalue weighted by Crippen LogP contribution is -2.04. The van der Waals surface area contributed by atoms with Crippen LogP contribution in [0.5, 0.6) is 0 Å². The second kappa shape index (κ2) is 6.74. The minimum atomic E-state index is -0.372. The molecule has 0 saturated carbocycles. The van der Waals surface area contributed by atoms with Gasteiger partial charge in [0.1, 0.15) is 0 Å². The minimum Gasteiger partial charge on any atom is -0.453 e. The van der Waals surface area contributed by atoms with Gasteiger partial charge in [-0.25, -0.2) is 0 Å². The van der Waals surface area contributed by atoms with Crippen molar-refractivity contribution < 1.29 is 9.53 Å². The highest BCUT2D eigenvalue weighted by Gasteiger charge is 2.10. The van der Waals surface area contributed by atoms with E-state index in [2.05, 4.69) is 5.73 Å². The molecule has 2 aromatic rings. The quantitative estimate of drug-likeness (QED) is 0.614. The molecular weight excluding hydrogens is 256 g/mol. The number of carbonyl (C=O) groups is 1. The van der Waals surface area contributed by atoms with Gasteiger partial charge in [-0.15, -0.1) is 5.73 Å². The molecule has 1 atom stereocenters. The Morgan fingerprint density at radius 2 is 2.11 bits per heavy atom. The average Bonchev–Trinajstić information content (AvgIpc) is 2.92. The molecule has 1 aromatic heterocycles. The summed E-state index contributed by atoms with van der Waals surface area (Å²) in [5.41, 5.74) is 5.10. The lowest BCUT2D eigenvalue weighted by Gasteiger charge is -2.09. The SMILES string of the molecule is CC(=O)OC(C=C=Cc1ccccc1)c1ccsc1. The third-order valence-electron chi connectivity index (χ3n) is 2.46. The monoisotopic (exact) mass is 270 g/mol. The van der Waals surface area contributed by atoms with Crippen LogP contribution in [0.2, 0.25) is 0 Å². The minimum absolute atomic E-state index is 0.297. The van der Waals surface area contributed by atoms with Gasteiger partial charge in [0, 0.05) is 18.6 Å². The number of benzene rings is 1. The van der Waals surface area contributed by atoms with E-state index in [1.807, 2.05) is 53.2 Å². The Bertz CT molecular complexity index is 578. The van der Waals surface area contributed by atoms with Gasteiger partial charge in [0.25, 0.3) is 0 Å². The van der Waals surface area contributed by atoms with Gasteiger partial charge in [0.05, 0.1) is 0 Å². The van der Waals surface area contributed by atoms with Crippen LogP contribution in [0.4, 0.5) is 0 Å². The Morgan fingerprint density at radius 3 is 2.74 bits per heavy atom. The first-order chi connectivity index (χ1) is 9.25. The predicted molar refractivity (Wildman–Crippen MR) is 77.8 cm³/mol. The van der Waals surface area contributed by atoms with Crippen LogP contribution < -0.4 is 0 Å². The molecule has 0 N–H and O–H groups in total. The van der Waals surface area contributed by atoms with Crippen LogP contribution in [-0.4, -0.2) is 5.97 Å². The van der Waals surface area contributed by atoms with E-state index in [4.69, 9.17) is 4.74 Å². The van der Waals surface area contributed by atoms with E-state index in [1.54, 1.807) is 17.4 Å². The van der Waals surface area contributed by atoms with Crippen molar-refractivity contribution in [2.45, 2.75) is 13.0 Å². The van der Waals surface area contributed by atoms with Gasteiger partial charge in [-0.05, 0) is 28.5 Å². The van der Waals surface area contributed by atoms with Crippen LogP contribution in [0.1, 0.15) is 24.2 Å². The molecule has 0 aliphatic carbocycles. The van der Waals surface area contributed by atoms with Crippen molar-refractivity contribution in [1.82, 2.24) is 0 Å². The fourth-order valence-corrected chi connectivity index (χ4v) is 2.28. The largest absolute Gasteiger partial charge is 0.453 e. The molecule has 0 radical (unpaired) electrons. The number of hydrogen-bond acceptors (Lipinski definition) is 3. The van der Waals surface area contributed by atoms with Crippen molar-refractivity contribution in [3.05, 3.63) is 70.1 Å². The molecule has 3 heteroatoms. The van der Waals surface area contributed by atoms with Crippen molar-refractivity contribution in [3.63, 3.8) is 0 Å². The zero-order valence-electron chi connectivity index (χ0n) is 10.6. The van der Waals surface area contributed by atoms with Gasteiger partial charge in [-0.3, -0.25) is 4.79 Å². The molecule has 1 aromatic carbocycles. The van der Waals surface area contributed by atoms with Crippen molar-refractivity contribution in [2.24, 2.45) is 0 Å². The highest BCUT2D eigenvalue weighted by Crippen LogP contribution is 2.21. The molecule has 96 valence electrons. The van der Waals surface area contributed by atoms with Crippen LogP contribution in [-0.2, 0) is 9.53 Å². The molecule has 2 nitrogen and oxygen atoms in total. The van der Waals surface area contributed by atoms with E-state index in [1.165, 1.54) is 6.92 Å². The number of carbonyl (C=O) groups excluding carboxylic acids is 1. The number of rotatable bonds is 4. The number of hydrogen-bond donors (Lipinski definition) is 0. The Hall–Kier alpha value is -2.09. The summed E-state index contributed by atoms with van der Waals surface area (Å²) in [6, 6.07) is 11.8. The van der Waals surface area contributed by atoms with Crippen molar-refractivity contribution >= 4 is 23.4 Å². The van der Waals surface area contributed by atoms with Crippen molar-refractivity contribution in [1.29, 1.82) is 0 Å². The first-order valence-corrected chi connectivity index (χ1v) is 6.87. The van der Waals surface area contributed by atoms with Crippen LogP contribution in [0.3, 0.4) is 0 Å². The lowest BCUT2D eigenvalue weighted by atomic mass is 10.2. The normalized spacial score (nSPS) is 11.2. The van der Waals surface area contributed by atoms with Crippen LogP contribution in [0, 0.1) is 0 Å². The van der Waals surface area contributed by atoms with Crippen molar-refractivity contribution in [2.75, 3.05) is 0 Å². The smallest absolute Gasteiger partial charge is 0.303 e. The van der Waals surface area contributed by atoms with Crippen LogP contribution in [0.25, 0.3) is 6.08 Å². The average molecular weight is 270 g/mol. The molecule has 1 heterocycles. The van der Waals surface area contributed by atoms with Gasteiger partial charge in [0.15, 0.2) is 6.10 Å². The molecule has 0 aliphatic rings. The molecule has 0 bridgehead atoms. The third kappa shape index (κ3) is 4.25. The summed E-state index contributed by atoms with van der Waals surface area (Å²) < 4.78 is 5.26. The van der Waals surface area contributed by atoms with Gasteiger partial charge >= 0.3 is 5.97 Å². The molecule has 0 aliphatic heterocycles.